The van der Waals surface area contributed by atoms with Crippen LogP contribution in [-0.2, 0) is 0 Å². The van der Waals surface area contributed by atoms with Crippen LogP contribution in [0.4, 0.5) is 15.8 Å². The van der Waals surface area contributed by atoms with Gasteiger partial charge in [0.25, 0.3) is 0 Å². The Balaban J connectivity index is 2.45. The lowest BCUT2D eigenvalue weighted by molar-refractivity contribution is 0.174. The topological polar surface area (TPSA) is 23.5 Å². The van der Waals surface area contributed by atoms with Gasteiger partial charge in [0.1, 0.15) is 5.82 Å². The molecule has 100 valence electrons. The normalized spacial score (nSPS) is 12.2. The van der Waals surface area contributed by atoms with Crippen LogP contribution in [0, 0.1) is 5.82 Å². The summed E-state index contributed by atoms with van der Waals surface area (Å²) in [5, 5.41) is 10.1. The Bertz CT molecular complexity index is 556. The molecule has 1 atom stereocenters. The molecule has 0 saturated carbocycles. The number of aliphatic hydroxyl groups excluding tert-OH is 1. The van der Waals surface area contributed by atoms with E-state index in [4.69, 9.17) is 0 Å². The minimum atomic E-state index is -0.537. The summed E-state index contributed by atoms with van der Waals surface area (Å²) in [6.07, 6.45) is 0.0905. The number of aliphatic hydroxyl groups is 1. The van der Waals surface area contributed by atoms with Crippen LogP contribution in [0.1, 0.15) is 25.0 Å². The fourth-order valence-corrected chi connectivity index (χ4v) is 2.15. The maximum atomic E-state index is 13.8. The fraction of sp³-hybridized carbons (Fsp3) is 0.250. The molecule has 2 nitrogen and oxygen atoms in total. The SMILES string of the molecule is CC[C@H](O)c1ccccc1N(C)c1ccccc1F. The number of halogens is 1. The number of hydrogen-bond donors (Lipinski definition) is 1. The fourth-order valence-electron chi connectivity index (χ4n) is 2.15. The molecule has 0 spiro atoms. The summed E-state index contributed by atoms with van der Waals surface area (Å²) in [4.78, 5) is 1.77. The van der Waals surface area contributed by atoms with Crippen molar-refractivity contribution in [3.05, 3.63) is 59.9 Å². The first-order valence-electron chi connectivity index (χ1n) is 6.40. The monoisotopic (exact) mass is 259 g/mol. The quantitative estimate of drug-likeness (QED) is 0.895. The molecule has 0 fully saturated rings. The molecule has 2 aromatic rings. The second-order valence-corrected chi connectivity index (χ2v) is 4.49. The highest BCUT2D eigenvalue weighted by atomic mass is 19.1. The van der Waals surface area contributed by atoms with E-state index in [-0.39, 0.29) is 5.82 Å². The molecule has 0 bridgehead atoms. The third-order valence-corrected chi connectivity index (χ3v) is 3.26. The summed E-state index contributed by atoms with van der Waals surface area (Å²) in [6, 6.07) is 14.2. The van der Waals surface area contributed by atoms with Crippen LogP contribution in [0.15, 0.2) is 48.5 Å². The molecular weight excluding hydrogens is 241 g/mol. The van der Waals surface area contributed by atoms with Crippen molar-refractivity contribution in [1.82, 2.24) is 0 Å². The van der Waals surface area contributed by atoms with Gasteiger partial charge in [0, 0.05) is 18.3 Å². The number of hydrogen-bond acceptors (Lipinski definition) is 2. The minimum Gasteiger partial charge on any atom is -0.388 e. The Morgan fingerprint density at radius 1 is 1.05 bits per heavy atom. The largest absolute Gasteiger partial charge is 0.388 e. The van der Waals surface area contributed by atoms with E-state index in [1.165, 1.54) is 6.07 Å². The zero-order valence-electron chi connectivity index (χ0n) is 11.2. The number of benzene rings is 2. The Morgan fingerprint density at radius 2 is 1.63 bits per heavy atom. The standard InChI is InChI=1S/C16H18FNO/c1-3-16(19)12-8-4-6-10-14(12)18(2)15-11-7-5-9-13(15)17/h4-11,16,19H,3H2,1-2H3/t16-/m0/s1. The van der Waals surface area contributed by atoms with Crippen LogP contribution >= 0.6 is 0 Å². The molecule has 19 heavy (non-hydrogen) atoms. The van der Waals surface area contributed by atoms with Gasteiger partial charge >= 0.3 is 0 Å². The predicted molar refractivity (Wildman–Crippen MR) is 76.2 cm³/mol. The zero-order valence-corrected chi connectivity index (χ0v) is 11.2. The van der Waals surface area contributed by atoms with Crippen molar-refractivity contribution in [3.8, 4) is 0 Å². The molecule has 0 aromatic heterocycles. The highest BCUT2D eigenvalue weighted by molar-refractivity contribution is 5.66. The number of rotatable bonds is 4. The summed E-state index contributed by atoms with van der Waals surface area (Å²) in [7, 11) is 1.81. The van der Waals surface area contributed by atoms with Crippen molar-refractivity contribution in [2.45, 2.75) is 19.4 Å². The van der Waals surface area contributed by atoms with Crippen molar-refractivity contribution >= 4 is 11.4 Å². The van der Waals surface area contributed by atoms with Crippen LogP contribution in [-0.4, -0.2) is 12.2 Å². The molecule has 2 rings (SSSR count). The van der Waals surface area contributed by atoms with Gasteiger partial charge in [0.05, 0.1) is 11.8 Å². The summed E-state index contributed by atoms with van der Waals surface area (Å²) in [5.74, 6) is -0.272. The molecule has 0 aliphatic heterocycles. The van der Waals surface area contributed by atoms with Crippen LogP contribution in [0.5, 0.6) is 0 Å². The van der Waals surface area contributed by atoms with Crippen LogP contribution < -0.4 is 4.90 Å². The Hall–Kier alpha value is -1.87. The summed E-state index contributed by atoms with van der Waals surface area (Å²) in [6.45, 7) is 1.92. The first-order chi connectivity index (χ1) is 9.15. The average molecular weight is 259 g/mol. The van der Waals surface area contributed by atoms with Gasteiger partial charge in [0.15, 0.2) is 0 Å². The van der Waals surface area contributed by atoms with Crippen molar-refractivity contribution in [2.24, 2.45) is 0 Å². The highest BCUT2D eigenvalue weighted by Crippen LogP contribution is 2.32. The van der Waals surface area contributed by atoms with Gasteiger partial charge < -0.3 is 10.0 Å². The van der Waals surface area contributed by atoms with Crippen LogP contribution in [0.3, 0.4) is 0 Å². The summed E-state index contributed by atoms with van der Waals surface area (Å²) < 4.78 is 13.8. The predicted octanol–water partition coefficient (Wildman–Crippen LogP) is 4.04. The van der Waals surface area contributed by atoms with Gasteiger partial charge in [-0.3, -0.25) is 0 Å². The number of nitrogens with zero attached hydrogens (tertiary/aromatic N) is 1. The van der Waals surface area contributed by atoms with Crippen molar-refractivity contribution in [2.75, 3.05) is 11.9 Å². The smallest absolute Gasteiger partial charge is 0.146 e. The van der Waals surface area contributed by atoms with E-state index in [0.717, 1.165) is 11.3 Å². The van der Waals surface area contributed by atoms with Gasteiger partial charge in [0.2, 0.25) is 0 Å². The Morgan fingerprint density at radius 3 is 2.26 bits per heavy atom. The van der Waals surface area contributed by atoms with Gasteiger partial charge in [-0.1, -0.05) is 37.3 Å². The van der Waals surface area contributed by atoms with Crippen molar-refractivity contribution in [1.29, 1.82) is 0 Å². The first-order valence-corrected chi connectivity index (χ1v) is 6.40. The molecule has 0 aliphatic rings. The van der Waals surface area contributed by atoms with E-state index in [2.05, 4.69) is 0 Å². The zero-order chi connectivity index (χ0) is 13.8. The van der Waals surface area contributed by atoms with Crippen LogP contribution in [0.25, 0.3) is 0 Å². The molecule has 1 N–H and O–H groups in total. The molecule has 2 aromatic carbocycles. The lowest BCUT2D eigenvalue weighted by atomic mass is 10.0. The summed E-state index contributed by atoms with van der Waals surface area (Å²) >= 11 is 0. The van der Waals surface area contributed by atoms with Crippen LogP contribution in [0.2, 0.25) is 0 Å². The van der Waals surface area contributed by atoms with Crippen molar-refractivity contribution < 1.29 is 9.50 Å². The summed E-state index contributed by atoms with van der Waals surface area (Å²) in [5.41, 5.74) is 2.14. The average Bonchev–Trinajstić information content (AvgIpc) is 2.46. The second kappa shape index (κ2) is 5.85. The Labute approximate surface area is 113 Å². The van der Waals surface area contributed by atoms with E-state index < -0.39 is 6.10 Å². The van der Waals surface area contributed by atoms with E-state index in [1.807, 2.05) is 31.2 Å². The van der Waals surface area contributed by atoms with E-state index >= 15 is 0 Å². The molecule has 0 radical (unpaired) electrons. The third kappa shape index (κ3) is 2.76. The lowest BCUT2D eigenvalue weighted by Gasteiger charge is -2.24. The number of anilines is 2. The molecule has 0 heterocycles. The van der Waals surface area contributed by atoms with Gasteiger partial charge in [-0.15, -0.1) is 0 Å². The molecular formula is C16H18FNO. The van der Waals surface area contributed by atoms with Gasteiger partial charge in [-0.05, 0) is 24.6 Å². The number of para-hydroxylation sites is 2. The lowest BCUT2D eigenvalue weighted by Crippen LogP contribution is -2.14. The molecule has 0 aliphatic carbocycles. The molecule has 0 unspecified atom stereocenters. The molecule has 0 amide bonds. The minimum absolute atomic E-state index is 0.272. The maximum absolute atomic E-state index is 13.8. The van der Waals surface area contributed by atoms with Gasteiger partial charge in [-0.2, -0.15) is 0 Å². The van der Waals surface area contributed by atoms with E-state index in [9.17, 15) is 9.50 Å². The van der Waals surface area contributed by atoms with E-state index in [0.29, 0.717) is 12.1 Å². The third-order valence-electron chi connectivity index (χ3n) is 3.26. The van der Waals surface area contributed by atoms with Crippen molar-refractivity contribution in [3.63, 3.8) is 0 Å². The molecule has 0 saturated heterocycles. The second-order valence-electron chi connectivity index (χ2n) is 4.49. The Kier molecular flexibility index (Phi) is 4.17. The van der Waals surface area contributed by atoms with E-state index in [1.54, 1.807) is 30.1 Å². The molecule has 3 heteroatoms. The first kappa shape index (κ1) is 13.6. The highest BCUT2D eigenvalue weighted by Gasteiger charge is 2.15. The maximum Gasteiger partial charge on any atom is 0.146 e. The van der Waals surface area contributed by atoms with Gasteiger partial charge in [-0.25, -0.2) is 4.39 Å².